The van der Waals surface area contributed by atoms with Crippen LogP contribution >= 0.6 is 11.3 Å². The number of hydrogen-bond donors (Lipinski definition) is 1. The Morgan fingerprint density at radius 2 is 2.29 bits per heavy atom. The van der Waals surface area contributed by atoms with Gasteiger partial charge in [-0.1, -0.05) is 19.9 Å². The number of likely N-dealkylation sites (tertiary alicyclic amines) is 2. The second-order valence-electron chi connectivity index (χ2n) is 8.09. The molecule has 1 unspecified atom stereocenters. The van der Waals surface area contributed by atoms with Crippen LogP contribution in [0.25, 0.3) is 0 Å². The minimum atomic E-state index is 0.417. The molecule has 0 radical (unpaired) electrons. The van der Waals surface area contributed by atoms with E-state index in [1.165, 1.54) is 37.2 Å². The van der Waals surface area contributed by atoms with E-state index in [0.717, 1.165) is 38.1 Å². The molecule has 4 nitrogen and oxygen atoms in total. The molecule has 1 N–H and O–H groups in total. The standard InChI is InChI=1S/C19H32N4S/c1-19(2)8-10-23(15-19)18(20-3)21-12-16-6-4-9-22(13-16)14-17-7-5-11-24-17/h5,7,11,16H,4,6,8-10,12-15H2,1-3H3,(H,20,21). The molecule has 0 spiro atoms. The van der Waals surface area contributed by atoms with E-state index < -0.39 is 0 Å². The minimum absolute atomic E-state index is 0.417. The van der Waals surface area contributed by atoms with Crippen LogP contribution in [0.2, 0.25) is 0 Å². The first-order chi connectivity index (χ1) is 11.6. The van der Waals surface area contributed by atoms with Crippen LogP contribution in [0.5, 0.6) is 0 Å². The Kier molecular flexibility index (Phi) is 5.82. The Balaban J connectivity index is 1.46. The summed E-state index contributed by atoms with van der Waals surface area (Å²) in [6, 6.07) is 4.41. The molecule has 24 heavy (non-hydrogen) atoms. The van der Waals surface area contributed by atoms with Gasteiger partial charge in [0, 0.05) is 44.6 Å². The molecule has 3 heterocycles. The van der Waals surface area contributed by atoms with Gasteiger partial charge in [0.05, 0.1) is 0 Å². The van der Waals surface area contributed by atoms with Crippen LogP contribution in [-0.2, 0) is 6.54 Å². The molecular weight excluding hydrogens is 316 g/mol. The third kappa shape index (κ3) is 4.73. The van der Waals surface area contributed by atoms with Crippen molar-refractivity contribution in [2.75, 3.05) is 39.8 Å². The van der Waals surface area contributed by atoms with Crippen LogP contribution in [0, 0.1) is 11.3 Å². The predicted molar refractivity (Wildman–Crippen MR) is 104 cm³/mol. The highest BCUT2D eigenvalue weighted by molar-refractivity contribution is 7.09. The number of rotatable bonds is 4. The highest BCUT2D eigenvalue weighted by atomic mass is 32.1. The highest BCUT2D eigenvalue weighted by Gasteiger charge is 2.31. The lowest BCUT2D eigenvalue weighted by molar-refractivity contribution is 0.169. The van der Waals surface area contributed by atoms with Crippen molar-refractivity contribution in [3.05, 3.63) is 22.4 Å². The first kappa shape index (κ1) is 17.7. The van der Waals surface area contributed by atoms with Crippen molar-refractivity contribution in [1.29, 1.82) is 0 Å². The summed E-state index contributed by atoms with van der Waals surface area (Å²) in [5, 5.41) is 5.83. The van der Waals surface area contributed by atoms with Gasteiger partial charge in [-0.3, -0.25) is 9.89 Å². The van der Waals surface area contributed by atoms with Crippen molar-refractivity contribution < 1.29 is 0 Å². The molecule has 134 valence electrons. The van der Waals surface area contributed by atoms with Gasteiger partial charge >= 0.3 is 0 Å². The molecular formula is C19H32N4S. The summed E-state index contributed by atoms with van der Waals surface area (Å²) in [4.78, 5) is 11.0. The largest absolute Gasteiger partial charge is 0.356 e. The van der Waals surface area contributed by atoms with E-state index in [0.29, 0.717) is 5.41 Å². The SMILES string of the molecule is CN=C(NCC1CCCN(Cc2cccs2)C1)N1CCC(C)(C)C1. The molecule has 0 amide bonds. The first-order valence-corrected chi connectivity index (χ1v) is 10.1. The second-order valence-corrected chi connectivity index (χ2v) is 9.12. The van der Waals surface area contributed by atoms with Gasteiger partial charge in [0.15, 0.2) is 5.96 Å². The number of nitrogens with zero attached hydrogens (tertiary/aromatic N) is 3. The van der Waals surface area contributed by atoms with Gasteiger partial charge in [-0.2, -0.15) is 0 Å². The number of piperidine rings is 1. The van der Waals surface area contributed by atoms with Crippen LogP contribution in [0.15, 0.2) is 22.5 Å². The molecule has 2 aliphatic rings. The van der Waals surface area contributed by atoms with Crippen LogP contribution in [-0.4, -0.2) is 55.5 Å². The maximum absolute atomic E-state index is 4.52. The smallest absolute Gasteiger partial charge is 0.193 e. The van der Waals surface area contributed by atoms with Crippen molar-refractivity contribution in [2.24, 2.45) is 16.3 Å². The Morgan fingerprint density at radius 1 is 1.42 bits per heavy atom. The molecule has 1 atom stereocenters. The van der Waals surface area contributed by atoms with Crippen LogP contribution < -0.4 is 5.32 Å². The van der Waals surface area contributed by atoms with Crippen molar-refractivity contribution >= 4 is 17.3 Å². The zero-order chi connectivity index (χ0) is 17.0. The van der Waals surface area contributed by atoms with Gasteiger partial charge < -0.3 is 10.2 Å². The van der Waals surface area contributed by atoms with Gasteiger partial charge in [-0.15, -0.1) is 11.3 Å². The van der Waals surface area contributed by atoms with Gasteiger partial charge in [-0.05, 0) is 48.6 Å². The van der Waals surface area contributed by atoms with Crippen molar-refractivity contribution in [3.8, 4) is 0 Å². The summed E-state index contributed by atoms with van der Waals surface area (Å²) in [7, 11) is 1.91. The van der Waals surface area contributed by atoms with Crippen molar-refractivity contribution in [1.82, 2.24) is 15.1 Å². The summed E-state index contributed by atoms with van der Waals surface area (Å²) in [6.45, 7) is 11.5. The summed E-state index contributed by atoms with van der Waals surface area (Å²) in [6.07, 6.45) is 3.90. The number of guanidine groups is 1. The number of nitrogens with one attached hydrogen (secondary N) is 1. The topological polar surface area (TPSA) is 30.9 Å². The molecule has 0 aromatic carbocycles. The third-order valence-electron chi connectivity index (χ3n) is 5.30. The van der Waals surface area contributed by atoms with Crippen LogP contribution in [0.3, 0.4) is 0 Å². The predicted octanol–water partition coefficient (Wildman–Crippen LogP) is 3.27. The summed E-state index contributed by atoms with van der Waals surface area (Å²) in [5.41, 5.74) is 0.417. The van der Waals surface area contributed by atoms with E-state index in [1.807, 2.05) is 18.4 Å². The molecule has 2 aliphatic heterocycles. The van der Waals surface area contributed by atoms with E-state index in [4.69, 9.17) is 0 Å². The fourth-order valence-corrected chi connectivity index (χ4v) is 4.69. The first-order valence-electron chi connectivity index (χ1n) is 9.26. The lowest BCUT2D eigenvalue weighted by Gasteiger charge is -2.33. The summed E-state index contributed by atoms with van der Waals surface area (Å²) < 4.78 is 0. The zero-order valence-corrected chi connectivity index (χ0v) is 16.2. The summed E-state index contributed by atoms with van der Waals surface area (Å²) >= 11 is 1.87. The molecule has 1 aromatic rings. The molecule has 2 fully saturated rings. The van der Waals surface area contributed by atoms with Crippen molar-refractivity contribution in [2.45, 2.75) is 39.7 Å². The Hall–Kier alpha value is -1.07. The van der Waals surface area contributed by atoms with Gasteiger partial charge in [-0.25, -0.2) is 0 Å². The van der Waals surface area contributed by atoms with Crippen LogP contribution in [0.4, 0.5) is 0 Å². The molecule has 2 saturated heterocycles. The number of aliphatic imine (C=N–C) groups is 1. The Labute approximate surface area is 150 Å². The fraction of sp³-hybridized carbons (Fsp3) is 0.737. The van der Waals surface area contributed by atoms with E-state index in [1.54, 1.807) is 0 Å². The molecule has 0 saturated carbocycles. The second kappa shape index (κ2) is 7.87. The van der Waals surface area contributed by atoms with Gasteiger partial charge in [0.1, 0.15) is 0 Å². The van der Waals surface area contributed by atoms with Crippen molar-refractivity contribution in [3.63, 3.8) is 0 Å². The quantitative estimate of drug-likeness (QED) is 0.669. The normalized spacial score (nSPS) is 25.2. The maximum atomic E-state index is 4.52. The number of thiophene rings is 1. The van der Waals surface area contributed by atoms with E-state index in [-0.39, 0.29) is 0 Å². The van der Waals surface area contributed by atoms with Gasteiger partial charge in [0.2, 0.25) is 0 Å². The van der Waals surface area contributed by atoms with Crippen LogP contribution in [0.1, 0.15) is 38.0 Å². The highest BCUT2D eigenvalue weighted by Crippen LogP contribution is 2.28. The average Bonchev–Trinajstić information content (AvgIpc) is 3.18. The summed E-state index contributed by atoms with van der Waals surface area (Å²) in [5.74, 6) is 1.82. The fourth-order valence-electron chi connectivity index (χ4n) is 3.95. The number of hydrogen-bond acceptors (Lipinski definition) is 3. The van der Waals surface area contributed by atoms with E-state index in [9.17, 15) is 0 Å². The Morgan fingerprint density at radius 3 is 2.96 bits per heavy atom. The molecule has 1 aromatic heterocycles. The van der Waals surface area contributed by atoms with E-state index >= 15 is 0 Å². The molecule has 0 aliphatic carbocycles. The average molecular weight is 349 g/mol. The zero-order valence-electron chi connectivity index (χ0n) is 15.4. The minimum Gasteiger partial charge on any atom is -0.356 e. The molecule has 3 rings (SSSR count). The Bertz CT molecular complexity index is 538. The molecule has 5 heteroatoms. The lowest BCUT2D eigenvalue weighted by atomic mass is 9.93. The molecule has 0 bridgehead atoms. The third-order valence-corrected chi connectivity index (χ3v) is 6.16. The lowest BCUT2D eigenvalue weighted by Crippen LogP contribution is -2.45. The van der Waals surface area contributed by atoms with Gasteiger partial charge in [0.25, 0.3) is 0 Å². The van der Waals surface area contributed by atoms with E-state index in [2.05, 4.69) is 51.5 Å². The maximum Gasteiger partial charge on any atom is 0.193 e. The monoisotopic (exact) mass is 348 g/mol.